The first kappa shape index (κ1) is 20.5. The number of unbranched alkanes of at least 4 members (excludes halogenated alkanes) is 1. The van der Waals surface area contributed by atoms with Crippen molar-refractivity contribution in [1.29, 1.82) is 0 Å². The fourth-order valence-electron chi connectivity index (χ4n) is 2.58. The van der Waals surface area contributed by atoms with Gasteiger partial charge in [0.25, 0.3) is 0 Å². The van der Waals surface area contributed by atoms with Crippen LogP contribution in [0.1, 0.15) is 45.4 Å². The molecule has 6 heteroatoms. The first-order chi connectivity index (χ1) is 7.56. The van der Waals surface area contributed by atoms with Gasteiger partial charge in [0, 0.05) is 0 Å². The molecule has 0 aromatic heterocycles. The molecular weight excluding hydrogens is 222 g/mol. The van der Waals surface area contributed by atoms with E-state index in [1.807, 2.05) is 0 Å². The van der Waals surface area contributed by atoms with E-state index in [2.05, 4.69) is 6.92 Å². The van der Waals surface area contributed by atoms with Crippen molar-refractivity contribution in [3.8, 4) is 0 Å². The summed E-state index contributed by atoms with van der Waals surface area (Å²) in [6.07, 6.45) is 5.16. The maximum absolute atomic E-state index is 11.0. The molecule has 0 aromatic rings. The maximum atomic E-state index is 11.0. The topological polar surface area (TPSA) is 74.6 Å². The van der Waals surface area contributed by atoms with Crippen molar-refractivity contribution in [2.45, 2.75) is 45.4 Å². The van der Waals surface area contributed by atoms with Crippen LogP contribution in [0.2, 0.25) is 0 Å². The molecule has 0 aromatic carbocycles. The van der Waals surface area contributed by atoms with Gasteiger partial charge >= 0.3 is 49.7 Å². The predicted octanol–water partition coefficient (Wildman–Crippen LogP) is 1.08. The van der Waals surface area contributed by atoms with E-state index in [0.717, 1.165) is 25.7 Å². The fourth-order valence-corrected chi connectivity index (χ4v) is 2.58. The van der Waals surface area contributed by atoms with Crippen molar-refractivity contribution in [3.05, 3.63) is 0 Å². The van der Waals surface area contributed by atoms with Crippen LogP contribution in [0.15, 0.2) is 0 Å². The van der Waals surface area contributed by atoms with E-state index < -0.39 is 23.8 Å². The van der Waals surface area contributed by atoms with Crippen molar-refractivity contribution in [1.82, 2.24) is 0 Å². The van der Waals surface area contributed by atoms with Gasteiger partial charge in [-0.3, -0.25) is 9.59 Å². The molecule has 1 saturated carbocycles. The van der Waals surface area contributed by atoms with Crippen LogP contribution in [0.3, 0.4) is 0 Å². The van der Waals surface area contributed by atoms with Gasteiger partial charge in [-0.05, 0) is 25.2 Å². The molecular formula is C12H22Li2O4. The Bertz CT molecular complexity index is 271. The standard InChI is InChI=1S/C12H20O4.2Li.2H/c1-2-3-4-8-5-6-9(11(13)14)10(7-8)12(15)16;;;;/h8-10H,2-7H2,1H3,(H,13,14)(H,15,16);;;;. The van der Waals surface area contributed by atoms with Crippen LogP contribution in [0.5, 0.6) is 0 Å². The molecule has 1 aliphatic carbocycles. The Morgan fingerprint density at radius 2 is 1.61 bits per heavy atom. The van der Waals surface area contributed by atoms with Gasteiger partial charge < -0.3 is 10.2 Å². The van der Waals surface area contributed by atoms with Gasteiger partial charge in [0.1, 0.15) is 0 Å². The second-order valence-electron chi connectivity index (χ2n) is 4.71. The molecule has 3 unspecified atom stereocenters. The summed E-state index contributed by atoms with van der Waals surface area (Å²) in [6.45, 7) is 2.11. The van der Waals surface area contributed by atoms with Crippen molar-refractivity contribution < 1.29 is 19.8 Å². The van der Waals surface area contributed by atoms with Crippen LogP contribution in [0, 0.1) is 17.8 Å². The minimum absolute atomic E-state index is 0. The summed E-state index contributed by atoms with van der Waals surface area (Å²) in [4.78, 5) is 22.0. The summed E-state index contributed by atoms with van der Waals surface area (Å²) < 4.78 is 0. The summed E-state index contributed by atoms with van der Waals surface area (Å²) in [5.74, 6) is -2.88. The van der Waals surface area contributed by atoms with Gasteiger partial charge in [-0.1, -0.05) is 26.2 Å². The number of carboxylic acid groups (broad SMARTS) is 2. The zero-order valence-corrected chi connectivity index (χ0v) is 9.69. The van der Waals surface area contributed by atoms with Crippen LogP contribution in [-0.4, -0.2) is 59.9 Å². The number of carboxylic acids is 2. The van der Waals surface area contributed by atoms with Crippen LogP contribution >= 0.6 is 0 Å². The quantitative estimate of drug-likeness (QED) is 0.710. The van der Waals surface area contributed by atoms with Crippen molar-refractivity contribution in [3.63, 3.8) is 0 Å². The van der Waals surface area contributed by atoms with E-state index in [9.17, 15) is 9.59 Å². The Morgan fingerprint density at radius 3 is 2.06 bits per heavy atom. The summed E-state index contributed by atoms with van der Waals surface area (Å²) in [5, 5.41) is 18.0. The molecule has 0 spiro atoms. The molecule has 4 nitrogen and oxygen atoms in total. The Balaban J connectivity index is 0. The second kappa shape index (κ2) is 9.99. The van der Waals surface area contributed by atoms with Crippen molar-refractivity contribution in [2.24, 2.45) is 17.8 Å². The molecule has 3 atom stereocenters. The van der Waals surface area contributed by atoms with Crippen LogP contribution in [0.25, 0.3) is 0 Å². The van der Waals surface area contributed by atoms with Gasteiger partial charge in [0.05, 0.1) is 11.8 Å². The van der Waals surface area contributed by atoms with E-state index in [1.165, 1.54) is 0 Å². The van der Waals surface area contributed by atoms with Crippen molar-refractivity contribution >= 4 is 49.7 Å². The zero-order valence-electron chi connectivity index (χ0n) is 9.69. The van der Waals surface area contributed by atoms with Gasteiger partial charge in [-0.15, -0.1) is 0 Å². The molecule has 1 fully saturated rings. The van der Waals surface area contributed by atoms with E-state index in [0.29, 0.717) is 18.8 Å². The molecule has 0 bridgehead atoms. The monoisotopic (exact) mass is 244 g/mol. The molecule has 0 aliphatic heterocycles. The Kier molecular flexibility index (Phi) is 11.3. The number of hydrogen-bond acceptors (Lipinski definition) is 2. The van der Waals surface area contributed by atoms with Crippen molar-refractivity contribution in [2.75, 3.05) is 0 Å². The average Bonchev–Trinajstić information content (AvgIpc) is 2.25. The fraction of sp³-hybridized carbons (Fsp3) is 0.833. The summed E-state index contributed by atoms with van der Waals surface area (Å²) >= 11 is 0. The molecule has 1 aliphatic rings. The first-order valence-corrected chi connectivity index (χ1v) is 6.01. The van der Waals surface area contributed by atoms with Crippen LogP contribution in [-0.2, 0) is 9.59 Å². The third kappa shape index (κ3) is 5.85. The van der Waals surface area contributed by atoms with Gasteiger partial charge in [0.15, 0.2) is 0 Å². The number of aliphatic carboxylic acids is 2. The molecule has 0 heterocycles. The van der Waals surface area contributed by atoms with Gasteiger partial charge in [0.2, 0.25) is 0 Å². The zero-order chi connectivity index (χ0) is 12.1. The van der Waals surface area contributed by atoms with Crippen LogP contribution < -0.4 is 0 Å². The first-order valence-electron chi connectivity index (χ1n) is 6.01. The Hall–Kier alpha value is 0.135. The van der Waals surface area contributed by atoms with Gasteiger partial charge in [-0.25, -0.2) is 0 Å². The van der Waals surface area contributed by atoms with E-state index >= 15 is 0 Å². The molecule has 0 amide bonds. The molecule has 18 heavy (non-hydrogen) atoms. The predicted molar refractivity (Wildman–Crippen MR) is 73.4 cm³/mol. The number of rotatable bonds is 5. The number of carbonyl (C=O) groups is 2. The average molecular weight is 244 g/mol. The summed E-state index contributed by atoms with van der Waals surface area (Å²) in [6, 6.07) is 0. The summed E-state index contributed by atoms with van der Waals surface area (Å²) in [7, 11) is 0. The molecule has 0 saturated heterocycles. The van der Waals surface area contributed by atoms with E-state index in [4.69, 9.17) is 10.2 Å². The second-order valence-corrected chi connectivity index (χ2v) is 4.71. The van der Waals surface area contributed by atoms with E-state index in [-0.39, 0.29) is 37.7 Å². The molecule has 0 radical (unpaired) electrons. The Morgan fingerprint density at radius 1 is 1.06 bits per heavy atom. The third-order valence-electron chi connectivity index (χ3n) is 3.56. The minimum atomic E-state index is -0.957. The SMILES string of the molecule is CCCCC1CCC(C(=O)O)C(C(=O)O)C1.[LiH].[LiH]. The van der Waals surface area contributed by atoms with Gasteiger partial charge in [-0.2, -0.15) is 0 Å². The molecule has 2 N–H and O–H groups in total. The van der Waals surface area contributed by atoms with E-state index in [1.54, 1.807) is 0 Å². The molecule has 96 valence electrons. The third-order valence-corrected chi connectivity index (χ3v) is 3.56. The normalized spacial score (nSPS) is 26.6. The Labute approximate surface area is 132 Å². The molecule has 1 rings (SSSR count). The number of hydrogen-bond donors (Lipinski definition) is 2. The van der Waals surface area contributed by atoms with Crippen LogP contribution in [0.4, 0.5) is 0 Å². The summed E-state index contributed by atoms with van der Waals surface area (Å²) in [5.41, 5.74) is 0.